The van der Waals surface area contributed by atoms with Crippen LogP contribution in [0.25, 0.3) is 0 Å². The zero-order chi connectivity index (χ0) is 17.8. The molecule has 25 heavy (non-hydrogen) atoms. The van der Waals surface area contributed by atoms with Gasteiger partial charge in [-0.05, 0) is 54.9 Å². The number of aryl methyl sites for hydroxylation is 1. The van der Waals surface area contributed by atoms with Crippen molar-refractivity contribution in [3.8, 4) is 0 Å². The number of nitrogens with one attached hydrogen (secondary N) is 2. The Morgan fingerprint density at radius 3 is 2.80 bits per heavy atom. The fourth-order valence-corrected chi connectivity index (χ4v) is 3.27. The number of benzene rings is 2. The van der Waals surface area contributed by atoms with E-state index in [1.807, 2.05) is 54.3 Å². The molecule has 0 spiro atoms. The van der Waals surface area contributed by atoms with E-state index in [-0.39, 0.29) is 5.91 Å². The quantitative estimate of drug-likeness (QED) is 0.786. The number of carbonyl (C=O) groups is 1. The first kappa shape index (κ1) is 17.7. The lowest BCUT2D eigenvalue weighted by atomic mass is 10.1. The van der Waals surface area contributed by atoms with Gasteiger partial charge in [0.15, 0.2) is 5.11 Å². The second-order valence-electron chi connectivity index (χ2n) is 6.05. The van der Waals surface area contributed by atoms with Crippen LogP contribution in [0.5, 0.6) is 0 Å². The number of carbonyl (C=O) groups excluding carboxylic acids is 1. The molecule has 2 aromatic rings. The smallest absolute Gasteiger partial charge is 0.227 e. The van der Waals surface area contributed by atoms with Gasteiger partial charge in [0.2, 0.25) is 5.91 Å². The lowest BCUT2D eigenvalue weighted by Crippen LogP contribution is -2.28. The summed E-state index contributed by atoms with van der Waals surface area (Å²) in [7, 11) is 0. The maximum absolute atomic E-state index is 12.0. The lowest BCUT2D eigenvalue weighted by Gasteiger charge is -2.20. The van der Waals surface area contributed by atoms with Crippen molar-refractivity contribution in [2.75, 3.05) is 16.8 Å². The van der Waals surface area contributed by atoms with E-state index in [0.29, 0.717) is 23.1 Å². The van der Waals surface area contributed by atoms with Crippen LogP contribution in [0.1, 0.15) is 24.0 Å². The van der Waals surface area contributed by atoms with E-state index in [1.54, 1.807) is 0 Å². The minimum atomic E-state index is 0.180. The molecule has 2 aromatic carbocycles. The van der Waals surface area contributed by atoms with Crippen molar-refractivity contribution < 1.29 is 4.79 Å². The molecular formula is C19H20ClN3OS. The minimum absolute atomic E-state index is 0.180. The molecule has 1 saturated heterocycles. The highest BCUT2D eigenvalue weighted by molar-refractivity contribution is 7.80. The summed E-state index contributed by atoms with van der Waals surface area (Å²) in [5.74, 6) is 0.180. The van der Waals surface area contributed by atoms with Crippen molar-refractivity contribution in [1.29, 1.82) is 0 Å². The lowest BCUT2D eigenvalue weighted by molar-refractivity contribution is -0.117. The monoisotopic (exact) mass is 373 g/mol. The predicted octanol–water partition coefficient (Wildman–Crippen LogP) is 4.26. The van der Waals surface area contributed by atoms with E-state index >= 15 is 0 Å². The topological polar surface area (TPSA) is 44.4 Å². The highest BCUT2D eigenvalue weighted by atomic mass is 35.5. The molecule has 2 N–H and O–H groups in total. The summed E-state index contributed by atoms with van der Waals surface area (Å²) in [6.45, 7) is 3.34. The summed E-state index contributed by atoms with van der Waals surface area (Å²) >= 11 is 11.5. The Morgan fingerprint density at radius 2 is 2.08 bits per heavy atom. The van der Waals surface area contributed by atoms with Crippen LogP contribution in [0.3, 0.4) is 0 Å². The largest absolute Gasteiger partial charge is 0.358 e. The summed E-state index contributed by atoms with van der Waals surface area (Å²) in [5, 5.41) is 7.56. The number of rotatable bonds is 4. The predicted molar refractivity (Wildman–Crippen MR) is 107 cm³/mol. The molecule has 4 nitrogen and oxygen atoms in total. The fourth-order valence-electron chi connectivity index (χ4n) is 2.87. The molecule has 0 saturated carbocycles. The third-order valence-electron chi connectivity index (χ3n) is 4.23. The minimum Gasteiger partial charge on any atom is -0.358 e. The molecule has 1 aliphatic heterocycles. The van der Waals surface area contributed by atoms with Crippen molar-refractivity contribution in [2.45, 2.75) is 26.3 Å². The van der Waals surface area contributed by atoms with Crippen molar-refractivity contribution in [3.05, 3.63) is 58.6 Å². The summed E-state index contributed by atoms with van der Waals surface area (Å²) in [6, 6.07) is 13.6. The van der Waals surface area contributed by atoms with Gasteiger partial charge in [0, 0.05) is 35.9 Å². The molecule has 1 heterocycles. The Bertz CT molecular complexity index is 809. The molecule has 130 valence electrons. The van der Waals surface area contributed by atoms with Crippen LogP contribution < -0.4 is 15.5 Å². The normalized spacial score (nSPS) is 13.8. The summed E-state index contributed by atoms with van der Waals surface area (Å²) in [6.07, 6.45) is 1.53. The van der Waals surface area contributed by atoms with Gasteiger partial charge in [-0.1, -0.05) is 35.9 Å². The molecule has 1 fully saturated rings. The van der Waals surface area contributed by atoms with E-state index in [9.17, 15) is 4.79 Å². The molecule has 6 heteroatoms. The Kier molecular flexibility index (Phi) is 5.56. The molecule has 0 unspecified atom stereocenters. The maximum atomic E-state index is 12.0. The summed E-state index contributed by atoms with van der Waals surface area (Å²) in [4.78, 5) is 13.9. The Hall–Kier alpha value is -2.11. The Balaban J connectivity index is 1.65. The molecule has 1 aliphatic rings. The highest BCUT2D eigenvalue weighted by Crippen LogP contribution is 2.28. The second kappa shape index (κ2) is 7.85. The van der Waals surface area contributed by atoms with Gasteiger partial charge in [-0.25, -0.2) is 0 Å². The van der Waals surface area contributed by atoms with E-state index in [1.165, 1.54) is 0 Å². The van der Waals surface area contributed by atoms with Gasteiger partial charge in [-0.3, -0.25) is 4.79 Å². The first-order valence-corrected chi connectivity index (χ1v) is 9.02. The first-order chi connectivity index (χ1) is 12.0. The summed E-state index contributed by atoms with van der Waals surface area (Å²) in [5.41, 5.74) is 3.87. The van der Waals surface area contributed by atoms with Crippen molar-refractivity contribution in [3.63, 3.8) is 0 Å². The van der Waals surface area contributed by atoms with Crippen molar-refractivity contribution in [2.24, 2.45) is 0 Å². The number of thiocarbonyl (C=S) groups is 1. The van der Waals surface area contributed by atoms with Crippen LogP contribution in [-0.2, 0) is 11.3 Å². The van der Waals surface area contributed by atoms with Gasteiger partial charge in [0.25, 0.3) is 0 Å². The first-order valence-electron chi connectivity index (χ1n) is 8.24. The van der Waals surface area contributed by atoms with E-state index in [0.717, 1.165) is 35.5 Å². The summed E-state index contributed by atoms with van der Waals surface area (Å²) < 4.78 is 0. The number of halogens is 1. The average Bonchev–Trinajstić information content (AvgIpc) is 3.02. The molecule has 0 aliphatic carbocycles. The zero-order valence-corrected chi connectivity index (χ0v) is 15.6. The SMILES string of the molecule is Cc1ccc(NC(=S)NCc2ccccc2Cl)cc1N1CCCC1=O. The van der Waals surface area contributed by atoms with Crippen LogP contribution in [0, 0.1) is 6.92 Å². The molecule has 0 aromatic heterocycles. The second-order valence-corrected chi connectivity index (χ2v) is 6.86. The van der Waals surface area contributed by atoms with Crippen LogP contribution in [0.2, 0.25) is 5.02 Å². The van der Waals surface area contributed by atoms with Crippen LogP contribution in [-0.4, -0.2) is 17.6 Å². The van der Waals surface area contributed by atoms with Crippen LogP contribution in [0.4, 0.5) is 11.4 Å². The van der Waals surface area contributed by atoms with Gasteiger partial charge >= 0.3 is 0 Å². The third kappa shape index (κ3) is 4.30. The van der Waals surface area contributed by atoms with Crippen LogP contribution in [0.15, 0.2) is 42.5 Å². The van der Waals surface area contributed by atoms with Crippen molar-refractivity contribution >= 4 is 46.2 Å². The molecule has 0 atom stereocenters. The van der Waals surface area contributed by atoms with E-state index in [2.05, 4.69) is 10.6 Å². The Labute approximate surface area is 158 Å². The van der Waals surface area contributed by atoms with Crippen molar-refractivity contribution in [1.82, 2.24) is 5.32 Å². The maximum Gasteiger partial charge on any atom is 0.227 e. The third-order valence-corrected chi connectivity index (χ3v) is 4.84. The van der Waals surface area contributed by atoms with Gasteiger partial charge in [0.05, 0.1) is 0 Å². The van der Waals surface area contributed by atoms with Gasteiger partial charge in [-0.2, -0.15) is 0 Å². The fraction of sp³-hybridized carbons (Fsp3) is 0.263. The highest BCUT2D eigenvalue weighted by Gasteiger charge is 2.23. The number of nitrogens with zero attached hydrogens (tertiary/aromatic N) is 1. The number of hydrogen-bond acceptors (Lipinski definition) is 2. The van der Waals surface area contributed by atoms with Gasteiger partial charge in [0.1, 0.15) is 0 Å². The molecule has 3 rings (SSSR count). The molecule has 1 amide bonds. The number of anilines is 2. The standard InChI is InChI=1S/C19H20ClN3OS/c1-13-8-9-15(11-17(13)23-10-4-7-18(23)24)22-19(25)21-12-14-5-2-3-6-16(14)20/h2-3,5-6,8-9,11H,4,7,10,12H2,1H3,(H2,21,22,25). The molecule has 0 bridgehead atoms. The average molecular weight is 374 g/mol. The Morgan fingerprint density at radius 1 is 1.28 bits per heavy atom. The number of amides is 1. The number of hydrogen-bond donors (Lipinski definition) is 2. The van der Waals surface area contributed by atoms with Crippen LogP contribution >= 0.6 is 23.8 Å². The van der Waals surface area contributed by atoms with E-state index < -0.39 is 0 Å². The van der Waals surface area contributed by atoms with Gasteiger partial charge < -0.3 is 15.5 Å². The zero-order valence-electron chi connectivity index (χ0n) is 14.0. The molecular weight excluding hydrogens is 354 g/mol. The molecule has 0 radical (unpaired) electrons. The van der Waals surface area contributed by atoms with Gasteiger partial charge in [-0.15, -0.1) is 0 Å². The van der Waals surface area contributed by atoms with E-state index in [4.69, 9.17) is 23.8 Å².